The minimum absolute atomic E-state index is 0.0111. The SMILES string of the molecule is CCCC[N+](CCCC)(CCCC)CCCC.CN(CCONC(=O)[C@@H]1CC[C@@H]2CN1C(=O)N2OS(=O)(=O)O)C(=O)OC(C)(C)C. The van der Waals surface area contributed by atoms with Gasteiger partial charge in [-0.25, -0.2) is 15.1 Å². The monoisotopic (exact) mass is 680 g/mol. The van der Waals surface area contributed by atoms with Gasteiger partial charge in [-0.05, 0) is 59.3 Å². The maximum absolute atomic E-state index is 12.3. The molecule has 46 heavy (non-hydrogen) atoms. The summed E-state index contributed by atoms with van der Waals surface area (Å²) in [7, 11) is -3.33. The zero-order valence-corrected chi connectivity index (χ0v) is 30.4. The molecule has 0 spiro atoms. The van der Waals surface area contributed by atoms with Crippen LogP contribution in [0.25, 0.3) is 0 Å². The van der Waals surface area contributed by atoms with Gasteiger partial charge in [-0.1, -0.05) is 53.4 Å². The Morgan fingerprint density at radius 2 is 1.46 bits per heavy atom. The zero-order chi connectivity index (χ0) is 35.0. The van der Waals surface area contributed by atoms with Gasteiger partial charge in [0, 0.05) is 20.1 Å². The summed E-state index contributed by atoms with van der Waals surface area (Å²) in [6.45, 7) is 20.5. The van der Waals surface area contributed by atoms with Crippen LogP contribution in [0.15, 0.2) is 0 Å². The lowest BCUT2D eigenvalue weighted by molar-refractivity contribution is -0.929. The van der Waals surface area contributed by atoms with Gasteiger partial charge in [0.15, 0.2) is 0 Å². The molecule has 270 valence electrons. The number of nitrogens with one attached hydrogen (secondary N) is 1. The number of fused-ring (bicyclic) bond motifs is 2. The number of amides is 4. The largest absolute Gasteiger partial charge is 0.444 e. The smallest absolute Gasteiger partial charge is 0.418 e. The van der Waals surface area contributed by atoms with Crippen molar-refractivity contribution in [1.82, 2.24) is 20.3 Å². The summed E-state index contributed by atoms with van der Waals surface area (Å²) in [6.07, 6.45) is 11.1. The summed E-state index contributed by atoms with van der Waals surface area (Å²) in [5.74, 6) is -0.592. The highest BCUT2D eigenvalue weighted by molar-refractivity contribution is 7.80. The zero-order valence-electron chi connectivity index (χ0n) is 29.6. The topological polar surface area (TPSA) is 155 Å². The molecular formula is C31H62N5O9S+. The van der Waals surface area contributed by atoms with Crippen LogP contribution in [0.4, 0.5) is 9.59 Å². The number of ether oxygens (including phenoxy) is 1. The van der Waals surface area contributed by atoms with Gasteiger partial charge in [0.25, 0.3) is 5.91 Å². The molecule has 0 aliphatic carbocycles. The molecule has 0 radical (unpaired) electrons. The standard InChI is InChI=1S/C16H36N.C15H26N4O9S/c1-5-9-13-17(14-10-6-2,15-11-7-3)16-12-8-4;1-15(2,3)27-14(22)17(4)7-8-26-16-12(20)11-6-5-10-9-18(11)13(21)19(10)28-29(23,24)25/h5-16H2,1-4H3;10-11H,5-9H2,1-4H3,(H,16,20)(H,23,24,25)/q+1;/t;10-,11+/m.1/s1. The van der Waals surface area contributed by atoms with Crippen molar-refractivity contribution in [2.75, 3.05) is 52.9 Å². The summed E-state index contributed by atoms with van der Waals surface area (Å²) < 4.78 is 41.4. The number of hydrogen-bond donors (Lipinski definition) is 2. The molecule has 2 N–H and O–H groups in total. The van der Waals surface area contributed by atoms with Gasteiger partial charge in [0.1, 0.15) is 11.6 Å². The van der Waals surface area contributed by atoms with Crippen molar-refractivity contribution in [3.63, 3.8) is 0 Å². The van der Waals surface area contributed by atoms with E-state index in [1.807, 2.05) is 0 Å². The lowest BCUT2D eigenvalue weighted by Crippen LogP contribution is -2.50. The van der Waals surface area contributed by atoms with E-state index in [0.29, 0.717) is 11.5 Å². The highest BCUT2D eigenvalue weighted by atomic mass is 32.3. The van der Waals surface area contributed by atoms with Crippen molar-refractivity contribution in [2.24, 2.45) is 0 Å². The first-order chi connectivity index (χ1) is 21.5. The number of unbranched alkanes of at least 4 members (excludes halogenated alkanes) is 4. The molecule has 14 nitrogen and oxygen atoms in total. The third-order valence-corrected chi connectivity index (χ3v) is 8.50. The molecule has 2 aliphatic heterocycles. The minimum Gasteiger partial charge on any atom is -0.444 e. The molecule has 2 saturated heterocycles. The summed E-state index contributed by atoms with van der Waals surface area (Å²) in [5, 5.41) is 0.555. The van der Waals surface area contributed by atoms with Crippen LogP contribution in [0.1, 0.15) is 113 Å². The predicted octanol–water partition coefficient (Wildman–Crippen LogP) is 4.91. The number of urea groups is 1. The van der Waals surface area contributed by atoms with Crippen molar-refractivity contribution in [3.8, 4) is 0 Å². The first kappa shape index (κ1) is 41.8. The molecule has 0 aromatic heterocycles. The quantitative estimate of drug-likeness (QED) is 0.0838. The molecule has 0 unspecified atom stereocenters. The fourth-order valence-corrected chi connectivity index (χ4v) is 5.94. The molecule has 2 atom stereocenters. The Kier molecular flexibility index (Phi) is 18.4. The lowest BCUT2D eigenvalue weighted by atomic mass is 10.0. The van der Waals surface area contributed by atoms with Crippen LogP contribution >= 0.6 is 0 Å². The molecule has 0 aromatic rings. The second kappa shape index (κ2) is 20.2. The van der Waals surface area contributed by atoms with Gasteiger partial charge in [-0.2, -0.15) is 13.5 Å². The van der Waals surface area contributed by atoms with Crippen molar-refractivity contribution in [2.45, 2.75) is 130 Å². The highest BCUT2D eigenvalue weighted by Crippen LogP contribution is 2.30. The van der Waals surface area contributed by atoms with Crippen molar-refractivity contribution in [3.05, 3.63) is 0 Å². The Bertz CT molecular complexity index is 1000. The van der Waals surface area contributed by atoms with E-state index >= 15 is 0 Å². The van der Waals surface area contributed by atoms with Gasteiger partial charge in [0.05, 0.1) is 38.8 Å². The Balaban J connectivity index is 0.000000533. The molecule has 2 rings (SSSR count). The summed E-state index contributed by atoms with van der Waals surface area (Å²) in [5.41, 5.74) is 1.59. The molecule has 15 heteroatoms. The molecule has 4 amide bonds. The van der Waals surface area contributed by atoms with Crippen LogP contribution < -0.4 is 5.48 Å². The number of hydroxylamine groups is 3. The number of hydrogen-bond acceptors (Lipinski definition) is 8. The van der Waals surface area contributed by atoms with Gasteiger partial charge in [-0.15, -0.1) is 4.28 Å². The van der Waals surface area contributed by atoms with Gasteiger partial charge >= 0.3 is 22.5 Å². The summed E-state index contributed by atoms with van der Waals surface area (Å²) in [6, 6.07) is -2.30. The summed E-state index contributed by atoms with van der Waals surface area (Å²) in [4.78, 5) is 43.9. The molecular weight excluding hydrogens is 618 g/mol. The predicted molar refractivity (Wildman–Crippen MR) is 176 cm³/mol. The van der Waals surface area contributed by atoms with Crippen LogP contribution in [-0.4, -0.2) is 121 Å². The van der Waals surface area contributed by atoms with Crippen LogP contribution in [0, 0.1) is 0 Å². The first-order valence-corrected chi connectivity index (χ1v) is 18.4. The van der Waals surface area contributed by atoms with E-state index in [1.165, 1.54) is 94.0 Å². The van der Waals surface area contributed by atoms with Gasteiger partial charge in [-0.3, -0.25) is 14.2 Å². The number of quaternary nitrogens is 1. The Hall–Kier alpha value is -2.20. The van der Waals surface area contributed by atoms with Crippen molar-refractivity contribution < 1.29 is 45.7 Å². The average molecular weight is 681 g/mol. The van der Waals surface area contributed by atoms with Crippen LogP contribution in [0.5, 0.6) is 0 Å². The molecule has 0 aromatic carbocycles. The molecule has 2 fully saturated rings. The summed E-state index contributed by atoms with van der Waals surface area (Å²) >= 11 is 0. The normalized spacial score (nSPS) is 18.2. The van der Waals surface area contributed by atoms with E-state index in [-0.39, 0.29) is 26.1 Å². The second-order valence-corrected chi connectivity index (χ2v) is 14.4. The average Bonchev–Trinajstić information content (AvgIpc) is 3.21. The minimum atomic E-state index is -4.85. The van der Waals surface area contributed by atoms with E-state index in [9.17, 15) is 22.8 Å². The Morgan fingerprint density at radius 1 is 0.957 bits per heavy atom. The van der Waals surface area contributed by atoms with Crippen LogP contribution in [0.3, 0.4) is 0 Å². The third-order valence-electron chi connectivity index (χ3n) is 8.15. The molecule has 2 heterocycles. The number of carbonyl (C=O) groups is 3. The van der Waals surface area contributed by atoms with Crippen LogP contribution in [-0.2, 0) is 29.1 Å². The number of nitrogens with zero attached hydrogens (tertiary/aromatic N) is 4. The third kappa shape index (κ3) is 15.1. The molecule has 2 aliphatic rings. The fraction of sp³-hybridized carbons (Fsp3) is 0.903. The van der Waals surface area contributed by atoms with Crippen molar-refractivity contribution >= 4 is 28.4 Å². The van der Waals surface area contributed by atoms with Gasteiger partial charge < -0.3 is 19.0 Å². The second-order valence-electron chi connectivity index (χ2n) is 13.4. The van der Waals surface area contributed by atoms with E-state index in [0.717, 1.165) is 4.90 Å². The van der Waals surface area contributed by atoms with Crippen molar-refractivity contribution in [1.29, 1.82) is 0 Å². The van der Waals surface area contributed by atoms with E-state index < -0.39 is 46.1 Å². The van der Waals surface area contributed by atoms with E-state index in [1.54, 1.807) is 20.8 Å². The maximum Gasteiger partial charge on any atom is 0.418 e. The Morgan fingerprint density at radius 3 is 1.89 bits per heavy atom. The highest BCUT2D eigenvalue weighted by Gasteiger charge is 2.49. The number of likely N-dealkylation sites (N-methyl/N-ethyl adjacent to an activating group) is 1. The number of piperidine rings is 1. The Labute approximate surface area is 277 Å². The van der Waals surface area contributed by atoms with Gasteiger partial charge in [0.2, 0.25) is 0 Å². The number of carbonyl (C=O) groups excluding carboxylic acids is 3. The van der Waals surface area contributed by atoms with E-state index in [4.69, 9.17) is 14.1 Å². The maximum atomic E-state index is 12.3. The lowest BCUT2D eigenvalue weighted by Gasteiger charge is -2.39. The molecule has 0 saturated carbocycles. The number of rotatable bonds is 19. The fourth-order valence-electron chi connectivity index (χ4n) is 5.55. The van der Waals surface area contributed by atoms with E-state index in [2.05, 4.69) is 37.5 Å². The van der Waals surface area contributed by atoms with Crippen LogP contribution in [0.2, 0.25) is 0 Å². The molecule has 2 bridgehead atoms. The first-order valence-electron chi connectivity index (χ1n) is 17.0.